The van der Waals surface area contributed by atoms with E-state index >= 15 is 0 Å². The SMILES string of the molecule is CC(C)=O.CN(C)C=O.CO. The predicted molar refractivity (Wildman–Crippen MR) is 44.2 cm³/mol. The zero-order valence-electron chi connectivity index (χ0n) is 7.79. The van der Waals surface area contributed by atoms with Crippen molar-refractivity contribution < 1.29 is 14.7 Å². The highest BCUT2D eigenvalue weighted by Gasteiger charge is 1.68. The summed E-state index contributed by atoms with van der Waals surface area (Å²) in [6.45, 7) is 3.06. The molecule has 68 valence electrons. The van der Waals surface area contributed by atoms with Crippen LogP contribution in [0.2, 0.25) is 0 Å². The first-order chi connectivity index (χ1) is 5.00. The summed E-state index contributed by atoms with van der Waals surface area (Å²) in [7, 11) is 4.38. The van der Waals surface area contributed by atoms with Crippen LogP contribution in [0.3, 0.4) is 0 Å². The van der Waals surface area contributed by atoms with Gasteiger partial charge in [0.1, 0.15) is 5.78 Å². The van der Waals surface area contributed by atoms with Crippen LogP contribution in [0.4, 0.5) is 0 Å². The molecule has 11 heavy (non-hydrogen) atoms. The van der Waals surface area contributed by atoms with Crippen LogP contribution in [-0.4, -0.2) is 43.4 Å². The van der Waals surface area contributed by atoms with Crippen molar-refractivity contribution >= 4 is 12.2 Å². The van der Waals surface area contributed by atoms with E-state index in [4.69, 9.17) is 5.11 Å². The maximum absolute atomic E-state index is 9.44. The number of carbonyl (C=O) groups excluding carboxylic acids is 2. The van der Waals surface area contributed by atoms with Gasteiger partial charge in [-0.15, -0.1) is 0 Å². The largest absolute Gasteiger partial charge is 0.400 e. The summed E-state index contributed by atoms with van der Waals surface area (Å²) in [4.78, 5) is 20.3. The number of hydrogen-bond donors (Lipinski definition) is 1. The van der Waals surface area contributed by atoms with E-state index in [9.17, 15) is 9.59 Å². The molecule has 0 radical (unpaired) electrons. The van der Waals surface area contributed by atoms with Crippen molar-refractivity contribution in [3.8, 4) is 0 Å². The van der Waals surface area contributed by atoms with E-state index in [2.05, 4.69) is 0 Å². The molecule has 0 aromatic rings. The topological polar surface area (TPSA) is 57.6 Å². The van der Waals surface area contributed by atoms with Gasteiger partial charge in [-0.1, -0.05) is 0 Å². The molecule has 0 aliphatic carbocycles. The predicted octanol–water partition coefficient (Wildman–Crippen LogP) is -0.0918. The lowest BCUT2D eigenvalue weighted by atomic mass is 10.6. The number of hydrogen-bond acceptors (Lipinski definition) is 3. The number of nitrogens with zero attached hydrogens (tertiary/aromatic N) is 1. The summed E-state index contributed by atoms with van der Waals surface area (Å²) in [5.41, 5.74) is 0. The molecule has 1 N–H and O–H groups in total. The second-order valence-corrected chi connectivity index (χ2v) is 1.98. The van der Waals surface area contributed by atoms with E-state index in [0.717, 1.165) is 13.5 Å². The average Bonchev–Trinajstić information content (AvgIpc) is 1.91. The van der Waals surface area contributed by atoms with Crippen LogP contribution in [-0.2, 0) is 9.59 Å². The number of amides is 1. The molecule has 0 saturated carbocycles. The molecular formula is C7H17NO3. The quantitative estimate of drug-likeness (QED) is 0.549. The smallest absolute Gasteiger partial charge is 0.209 e. The molecule has 0 aromatic carbocycles. The Hall–Kier alpha value is -0.900. The Morgan fingerprint density at radius 2 is 1.36 bits per heavy atom. The van der Waals surface area contributed by atoms with Crippen molar-refractivity contribution in [3.63, 3.8) is 0 Å². The van der Waals surface area contributed by atoms with Gasteiger partial charge in [0.05, 0.1) is 0 Å². The minimum atomic E-state index is 0.167. The first-order valence-corrected chi connectivity index (χ1v) is 3.04. The van der Waals surface area contributed by atoms with Crippen molar-refractivity contribution in [3.05, 3.63) is 0 Å². The van der Waals surface area contributed by atoms with E-state index < -0.39 is 0 Å². The highest BCUT2D eigenvalue weighted by atomic mass is 16.2. The van der Waals surface area contributed by atoms with Crippen LogP contribution >= 0.6 is 0 Å². The summed E-state index contributed by atoms with van der Waals surface area (Å²) in [6, 6.07) is 0. The lowest BCUT2D eigenvalue weighted by Gasteiger charge is -1.93. The van der Waals surface area contributed by atoms with E-state index in [-0.39, 0.29) is 5.78 Å². The van der Waals surface area contributed by atoms with Crippen molar-refractivity contribution in [2.45, 2.75) is 13.8 Å². The van der Waals surface area contributed by atoms with E-state index in [0.29, 0.717) is 0 Å². The lowest BCUT2D eigenvalue weighted by Crippen LogP contribution is -2.06. The minimum absolute atomic E-state index is 0.167. The maximum Gasteiger partial charge on any atom is 0.209 e. The fourth-order valence-electron chi connectivity index (χ4n) is 0. The zero-order valence-corrected chi connectivity index (χ0v) is 7.79. The Morgan fingerprint density at radius 1 is 1.27 bits per heavy atom. The van der Waals surface area contributed by atoms with Crippen molar-refractivity contribution in [1.82, 2.24) is 4.90 Å². The highest BCUT2D eigenvalue weighted by molar-refractivity contribution is 5.72. The van der Waals surface area contributed by atoms with Gasteiger partial charge in [-0.25, -0.2) is 0 Å². The number of Topliss-reactive ketones (excluding diaryl/α,β-unsaturated/α-hetero) is 1. The second-order valence-electron chi connectivity index (χ2n) is 1.98. The molecule has 1 amide bonds. The van der Waals surface area contributed by atoms with Crippen LogP contribution in [0.5, 0.6) is 0 Å². The Kier molecular flexibility index (Phi) is 24.2. The summed E-state index contributed by atoms with van der Waals surface area (Å²) in [5, 5.41) is 7.00. The van der Waals surface area contributed by atoms with Gasteiger partial charge in [0.2, 0.25) is 6.41 Å². The third kappa shape index (κ3) is 379. The molecule has 0 bridgehead atoms. The monoisotopic (exact) mass is 163 g/mol. The number of aliphatic hydroxyl groups is 1. The molecule has 0 atom stereocenters. The average molecular weight is 163 g/mol. The molecule has 0 aliphatic heterocycles. The Labute approximate surface area is 67.8 Å². The molecule has 0 aromatic heterocycles. The van der Waals surface area contributed by atoms with Gasteiger partial charge in [-0.3, -0.25) is 4.79 Å². The summed E-state index contributed by atoms with van der Waals surface area (Å²) < 4.78 is 0. The van der Waals surface area contributed by atoms with Crippen molar-refractivity contribution in [1.29, 1.82) is 0 Å². The molecule has 0 saturated heterocycles. The minimum Gasteiger partial charge on any atom is -0.400 e. The first kappa shape index (κ1) is 16.6. The van der Waals surface area contributed by atoms with Crippen LogP contribution in [0, 0.1) is 0 Å². The van der Waals surface area contributed by atoms with Crippen LogP contribution in [0.1, 0.15) is 13.8 Å². The Bertz CT molecular complexity index is 87.7. The first-order valence-electron chi connectivity index (χ1n) is 3.04. The molecule has 0 fully saturated rings. The zero-order chi connectivity index (χ0) is 9.86. The van der Waals surface area contributed by atoms with Gasteiger partial charge in [0.15, 0.2) is 0 Å². The van der Waals surface area contributed by atoms with Gasteiger partial charge < -0.3 is 14.8 Å². The van der Waals surface area contributed by atoms with Gasteiger partial charge >= 0.3 is 0 Å². The highest BCUT2D eigenvalue weighted by Crippen LogP contribution is 1.52. The number of ketones is 1. The molecule has 4 heteroatoms. The number of carbonyl (C=O) groups is 2. The molecule has 0 aliphatic rings. The summed E-state index contributed by atoms with van der Waals surface area (Å²) in [5.74, 6) is 0.167. The van der Waals surface area contributed by atoms with Crippen molar-refractivity contribution in [2.75, 3.05) is 21.2 Å². The van der Waals surface area contributed by atoms with E-state index in [1.165, 1.54) is 18.7 Å². The third-order valence-electron chi connectivity index (χ3n) is 0.211. The Morgan fingerprint density at radius 3 is 1.36 bits per heavy atom. The fourth-order valence-corrected chi connectivity index (χ4v) is 0. The lowest BCUT2D eigenvalue weighted by molar-refractivity contribution is -0.116. The van der Waals surface area contributed by atoms with Crippen LogP contribution < -0.4 is 0 Å². The maximum atomic E-state index is 9.44. The van der Waals surface area contributed by atoms with Gasteiger partial charge in [-0.05, 0) is 13.8 Å². The van der Waals surface area contributed by atoms with Gasteiger partial charge in [0, 0.05) is 21.2 Å². The Balaban J connectivity index is -0.0000000965. The number of aliphatic hydroxyl groups excluding tert-OH is 1. The van der Waals surface area contributed by atoms with E-state index in [1.807, 2.05) is 0 Å². The molecule has 0 heterocycles. The van der Waals surface area contributed by atoms with Crippen LogP contribution in [0.25, 0.3) is 0 Å². The summed E-state index contributed by atoms with van der Waals surface area (Å²) in [6.07, 6.45) is 0.750. The van der Waals surface area contributed by atoms with Crippen molar-refractivity contribution in [2.24, 2.45) is 0 Å². The van der Waals surface area contributed by atoms with E-state index in [1.54, 1.807) is 14.1 Å². The van der Waals surface area contributed by atoms with Gasteiger partial charge in [0.25, 0.3) is 0 Å². The summed E-state index contributed by atoms with van der Waals surface area (Å²) >= 11 is 0. The third-order valence-corrected chi connectivity index (χ3v) is 0.211. The van der Waals surface area contributed by atoms with Crippen LogP contribution in [0.15, 0.2) is 0 Å². The molecule has 0 spiro atoms. The fraction of sp³-hybridized carbons (Fsp3) is 0.714. The standard InChI is InChI=1S/C3H7NO.C3H6O.CH4O/c1-4(2)3-5;1-3(2)4;1-2/h3H,1-2H3;1-2H3;2H,1H3. The molecule has 4 nitrogen and oxygen atoms in total. The molecular weight excluding hydrogens is 146 g/mol. The normalized spacial score (nSPS) is 6.00. The molecule has 0 unspecified atom stereocenters. The number of rotatable bonds is 1. The van der Waals surface area contributed by atoms with Gasteiger partial charge in [-0.2, -0.15) is 0 Å². The molecule has 0 rings (SSSR count). The second kappa shape index (κ2) is 16.0.